The van der Waals surface area contributed by atoms with Crippen LogP contribution in [0.25, 0.3) is 32.6 Å². The highest BCUT2D eigenvalue weighted by molar-refractivity contribution is 7.22. The first-order chi connectivity index (χ1) is 17.4. The molecule has 0 aliphatic carbocycles. The molecule has 0 radical (unpaired) electrons. The molecule has 0 aliphatic heterocycles. The number of aromatic nitrogens is 2. The second kappa shape index (κ2) is 12.9. The number of thiophene rings is 1. The number of thiazole rings is 1. The van der Waals surface area contributed by atoms with Gasteiger partial charge in [-0.25, -0.2) is 14.2 Å². The molecule has 196 valence electrons. The number of benzene rings is 1. The van der Waals surface area contributed by atoms with E-state index in [9.17, 15) is 14.7 Å². The number of halogens is 2. The van der Waals surface area contributed by atoms with Crippen molar-refractivity contribution in [2.24, 2.45) is 0 Å². The highest BCUT2D eigenvalue weighted by Gasteiger charge is 2.22. The van der Waals surface area contributed by atoms with Gasteiger partial charge in [-0.1, -0.05) is 17.4 Å². The molecule has 4 rings (SSSR count). The monoisotopic (exact) mass is 565 g/mol. The number of anilines is 1. The minimum atomic E-state index is -0.852. The summed E-state index contributed by atoms with van der Waals surface area (Å²) in [5.74, 6) is -1.07. The van der Waals surface area contributed by atoms with Gasteiger partial charge in [-0.15, -0.1) is 23.7 Å². The van der Waals surface area contributed by atoms with E-state index in [2.05, 4.69) is 30.7 Å². The molecular formula is C24H25ClFN5O4S2. The molecule has 3 heterocycles. The van der Waals surface area contributed by atoms with Crippen molar-refractivity contribution in [2.45, 2.75) is 19.5 Å². The number of methoxy groups -OCH3 is 1. The minimum absolute atomic E-state index is 0. The summed E-state index contributed by atoms with van der Waals surface area (Å²) in [6, 6.07) is 7.76. The summed E-state index contributed by atoms with van der Waals surface area (Å²) in [6.07, 6.45) is 1.66. The molecule has 0 fully saturated rings. The Labute approximate surface area is 226 Å². The molecule has 1 atom stereocenters. The van der Waals surface area contributed by atoms with Crippen LogP contribution in [0.15, 0.2) is 41.9 Å². The van der Waals surface area contributed by atoms with Crippen LogP contribution in [0.5, 0.6) is 0 Å². The molecule has 1 aromatic carbocycles. The summed E-state index contributed by atoms with van der Waals surface area (Å²) in [6.45, 7) is 2.13. The number of urea groups is 1. The molecule has 0 bridgehead atoms. The fourth-order valence-electron chi connectivity index (χ4n) is 3.53. The summed E-state index contributed by atoms with van der Waals surface area (Å²) in [7, 11) is 1.25. The van der Waals surface area contributed by atoms with E-state index in [4.69, 9.17) is 0 Å². The summed E-state index contributed by atoms with van der Waals surface area (Å²) >= 11 is 2.57. The largest absolute Gasteiger partial charge is 0.468 e. The van der Waals surface area contributed by atoms with Gasteiger partial charge >= 0.3 is 12.0 Å². The standard InChI is InChI=1S/C24H24FN5O4S2.ClH/c1-3-26-23(33)30-24-29-20-19(25)15(9-16(21(20)36-24)17-6-4-5-7-27-17)13-8-14(35-12-13)10-28-18(11-31)22(32)34-2;/h4-9,12,18,28,31H,3,10-11H2,1-2H3,(H2,26,29,30,33);1H. The molecular weight excluding hydrogens is 541 g/mol. The van der Waals surface area contributed by atoms with Gasteiger partial charge in [-0.2, -0.15) is 0 Å². The zero-order valence-corrected chi connectivity index (χ0v) is 22.4. The van der Waals surface area contributed by atoms with Gasteiger partial charge in [-0.3, -0.25) is 20.4 Å². The summed E-state index contributed by atoms with van der Waals surface area (Å²) in [5.41, 5.74) is 2.46. The maximum Gasteiger partial charge on any atom is 0.325 e. The summed E-state index contributed by atoms with van der Waals surface area (Å²) in [5, 5.41) is 19.7. The lowest BCUT2D eigenvalue weighted by Gasteiger charge is -2.12. The number of aliphatic hydroxyl groups excluding tert-OH is 1. The van der Waals surface area contributed by atoms with E-state index >= 15 is 4.39 Å². The first-order valence-electron chi connectivity index (χ1n) is 11.0. The maximum absolute atomic E-state index is 15.8. The smallest absolute Gasteiger partial charge is 0.325 e. The number of rotatable bonds is 9. The van der Waals surface area contributed by atoms with Gasteiger partial charge in [0.1, 0.15) is 11.6 Å². The van der Waals surface area contributed by atoms with Crippen LogP contribution in [0, 0.1) is 5.82 Å². The number of carbonyl (C=O) groups is 2. The van der Waals surface area contributed by atoms with Gasteiger partial charge in [0.2, 0.25) is 0 Å². The molecule has 2 amide bonds. The molecule has 4 aromatic rings. The topological polar surface area (TPSA) is 125 Å². The van der Waals surface area contributed by atoms with Crippen LogP contribution in [-0.4, -0.2) is 53.4 Å². The Balaban J connectivity index is 0.00000380. The Kier molecular flexibility index (Phi) is 9.89. The predicted molar refractivity (Wildman–Crippen MR) is 146 cm³/mol. The predicted octanol–water partition coefficient (Wildman–Crippen LogP) is 4.41. The van der Waals surface area contributed by atoms with Crippen LogP contribution in [0.3, 0.4) is 0 Å². The van der Waals surface area contributed by atoms with Gasteiger partial charge in [0.25, 0.3) is 0 Å². The van der Waals surface area contributed by atoms with Gasteiger partial charge in [0.05, 0.1) is 24.1 Å². The quantitative estimate of drug-likeness (QED) is 0.221. The van der Waals surface area contributed by atoms with Crippen molar-refractivity contribution in [1.29, 1.82) is 0 Å². The number of nitrogens with one attached hydrogen (secondary N) is 3. The van der Waals surface area contributed by atoms with Gasteiger partial charge in [0, 0.05) is 35.3 Å². The van der Waals surface area contributed by atoms with Gasteiger partial charge in [-0.05, 0) is 42.1 Å². The van der Waals surface area contributed by atoms with Crippen molar-refractivity contribution in [2.75, 3.05) is 25.6 Å². The van der Waals surface area contributed by atoms with Crippen LogP contribution in [-0.2, 0) is 16.1 Å². The number of ether oxygens (including phenoxy) is 1. The van der Waals surface area contributed by atoms with Crippen molar-refractivity contribution in [3.63, 3.8) is 0 Å². The molecule has 3 aromatic heterocycles. The third-order valence-corrected chi connectivity index (χ3v) is 7.20. The second-order valence-electron chi connectivity index (χ2n) is 7.62. The lowest BCUT2D eigenvalue weighted by Crippen LogP contribution is -2.39. The van der Waals surface area contributed by atoms with Crippen molar-refractivity contribution in [3.05, 3.63) is 52.6 Å². The summed E-state index contributed by atoms with van der Waals surface area (Å²) < 4.78 is 21.0. The van der Waals surface area contributed by atoms with Crippen molar-refractivity contribution in [1.82, 2.24) is 20.6 Å². The molecule has 13 heteroatoms. The van der Waals surface area contributed by atoms with E-state index in [0.717, 1.165) is 4.88 Å². The number of hydrogen-bond acceptors (Lipinski definition) is 9. The fraction of sp³-hybridized carbons (Fsp3) is 0.250. The minimum Gasteiger partial charge on any atom is -0.468 e. The third kappa shape index (κ3) is 6.40. The highest BCUT2D eigenvalue weighted by Crippen LogP contribution is 2.41. The molecule has 37 heavy (non-hydrogen) atoms. The average molecular weight is 566 g/mol. The van der Waals surface area contributed by atoms with E-state index < -0.39 is 30.5 Å². The SMILES string of the molecule is CCNC(=O)Nc1nc2c(F)c(-c3csc(CNC(CO)C(=O)OC)c3)cc(-c3ccccn3)c2s1.Cl. The van der Waals surface area contributed by atoms with Crippen LogP contribution in [0.4, 0.5) is 14.3 Å². The van der Waals surface area contributed by atoms with E-state index in [-0.39, 0.29) is 23.1 Å². The van der Waals surface area contributed by atoms with Crippen molar-refractivity contribution < 1.29 is 23.8 Å². The molecule has 0 saturated carbocycles. The number of hydrogen-bond donors (Lipinski definition) is 4. The number of fused-ring (bicyclic) bond motifs is 1. The van der Waals surface area contributed by atoms with E-state index in [1.54, 1.807) is 25.3 Å². The molecule has 0 spiro atoms. The molecule has 4 N–H and O–H groups in total. The van der Waals surface area contributed by atoms with Crippen LogP contribution in [0.1, 0.15) is 11.8 Å². The third-order valence-electron chi connectivity index (χ3n) is 5.26. The Hall–Kier alpha value is -3.16. The maximum atomic E-state index is 15.8. The number of aliphatic hydroxyl groups is 1. The first-order valence-corrected chi connectivity index (χ1v) is 12.7. The lowest BCUT2D eigenvalue weighted by molar-refractivity contribution is -0.144. The normalized spacial score (nSPS) is 11.6. The molecule has 9 nitrogen and oxygen atoms in total. The zero-order chi connectivity index (χ0) is 25.7. The molecule has 0 aliphatic rings. The van der Waals surface area contributed by atoms with Crippen LogP contribution >= 0.6 is 35.1 Å². The van der Waals surface area contributed by atoms with Crippen LogP contribution in [0.2, 0.25) is 0 Å². The summed E-state index contributed by atoms with van der Waals surface area (Å²) in [4.78, 5) is 33.3. The lowest BCUT2D eigenvalue weighted by atomic mass is 10.0. The van der Waals surface area contributed by atoms with E-state index in [1.807, 2.05) is 23.6 Å². The number of carbonyl (C=O) groups excluding carboxylic acids is 2. The van der Waals surface area contributed by atoms with Crippen molar-refractivity contribution >= 4 is 62.4 Å². The molecule has 1 unspecified atom stereocenters. The number of esters is 1. The Morgan fingerprint density at radius 3 is 2.73 bits per heavy atom. The van der Waals surface area contributed by atoms with Gasteiger partial charge < -0.3 is 15.2 Å². The van der Waals surface area contributed by atoms with E-state index in [0.29, 0.717) is 40.2 Å². The first kappa shape index (κ1) is 28.4. The number of nitrogens with zero attached hydrogens (tertiary/aromatic N) is 2. The second-order valence-corrected chi connectivity index (χ2v) is 9.62. The number of pyridine rings is 1. The number of amides is 2. The Morgan fingerprint density at radius 1 is 1.24 bits per heavy atom. The highest BCUT2D eigenvalue weighted by atomic mass is 35.5. The Morgan fingerprint density at radius 2 is 2.05 bits per heavy atom. The fourth-order valence-corrected chi connectivity index (χ4v) is 5.35. The van der Waals surface area contributed by atoms with Crippen LogP contribution < -0.4 is 16.0 Å². The molecule has 0 saturated heterocycles. The van der Waals surface area contributed by atoms with Gasteiger partial charge in [0.15, 0.2) is 10.9 Å². The Bertz CT molecular complexity index is 1380. The zero-order valence-electron chi connectivity index (χ0n) is 19.9. The van der Waals surface area contributed by atoms with Crippen molar-refractivity contribution in [3.8, 4) is 22.4 Å². The van der Waals surface area contributed by atoms with E-state index in [1.165, 1.54) is 29.8 Å². The average Bonchev–Trinajstić information content (AvgIpc) is 3.53.